The molecule has 0 aliphatic rings. The Labute approximate surface area is 115 Å². The van der Waals surface area contributed by atoms with Crippen LogP contribution in [0.4, 0.5) is 5.69 Å². The van der Waals surface area contributed by atoms with E-state index in [1.165, 1.54) is 26.2 Å². The number of halogens is 1. The topological polar surface area (TPSA) is 66.5 Å². The molecule has 0 bridgehead atoms. The van der Waals surface area contributed by atoms with E-state index in [1.54, 1.807) is 19.1 Å². The van der Waals surface area contributed by atoms with Crippen molar-refractivity contribution in [1.82, 2.24) is 4.31 Å². The van der Waals surface area contributed by atoms with Crippen molar-refractivity contribution in [1.29, 1.82) is 0 Å². The molecule has 0 saturated carbocycles. The summed E-state index contributed by atoms with van der Waals surface area (Å²) in [4.78, 5) is 11.3. The standard InChI is InChI=1S/C11H15BrN2O3S/c1-8(12)11(15)13-9-4-6-10(7-5-9)18(16,17)14(2)3/h4-8H,1-3H3,(H,13,15). The fourth-order valence-corrected chi connectivity index (χ4v) is 2.18. The van der Waals surface area contributed by atoms with E-state index in [-0.39, 0.29) is 15.6 Å². The van der Waals surface area contributed by atoms with E-state index in [2.05, 4.69) is 21.2 Å². The zero-order valence-corrected chi connectivity index (χ0v) is 12.7. The average molecular weight is 335 g/mol. The Hall–Kier alpha value is -0.920. The van der Waals surface area contributed by atoms with Gasteiger partial charge in [0.25, 0.3) is 0 Å². The van der Waals surface area contributed by atoms with Gasteiger partial charge in [0.15, 0.2) is 0 Å². The minimum absolute atomic E-state index is 0.182. The first kappa shape index (κ1) is 15.1. The molecule has 0 fully saturated rings. The summed E-state index contributed by atoms with van der Waals surface area (Å²) in [5.74, 6) is -0.182. The summed E-state index contributed by atoms with van der Waals surface area (Å²) in [6.45, 7) is 1.71. The molecule has 0 aliphatic heterocycles. The molecule has 0 spiro atoms. The Kier molecular flexibility index (Phi) is 4.89. The quantitative estimate of drug-likeness (QED) is 0.851. The van der Waals surface area contributed by atoms with Crippen LogP contribution in [0, 0.1) is 0 Å². The van der Waals surface area contributed by atoms with Crippen molar-refractivity contribution in [3.8, 4) is 0 Å². The number of benzene rings is 1. The summed E-state index contributed by atoms with van der Waals surface area (Å²) < 4.78 is 24.7. The number of nitrogens with one attached hydrogen (secondary N) is 1. The Morgan fingerprint density at radius 2 is 1.78 bits per heavy atom. The zero-order chi connectivity index (χ0) is 13.9. The van der Waals surface area contributed by atoms with E-state index in [0.29, 0.717) is 5.69 Å². The second-order valence-corrected chi connectivity index (χ2v) is 7.44. The van der Waals surface area contributed by atoms with Gasteiger partial charge in [-0.05, 0) is 31.2 Å². The van der Waals surface area contributed by atoms with Crippen LogP contribution in [0.15, 0.2) is 29.2 Å². The largest absolute Gasteiger partial charge is 0.325 e. The highest BCUT2D eigenvalue weighted by Crippen LogP contribution is 2.17. The molecule has 1 aromatic carbocycles. The maximum atomic E-state index is 11.8. The predicted octanol–water partition coefficient (Wildman–Crippen LogP) is 1.66. The van der Waals surface area contributed by atoms with Crippen LogP contribution in [0.1, 0.15) is 6.92 Å². The van der Waals surface area contributed by atoms with Crippen molar-refractivity contribution in [2.24, 2.45) is 0 Å². The first-order valence-electron chi connectivity index (χ1n) is 5.22. The third-order valence-electron chi connectivity index (χ3n) is 2.26. The Morgan fingerprint density at radius 3 is 2.17 bits per heavy atom. The van der Waals surface area contributed by atoms with Crippen LogP contribution in [0.5, 0.6) is 0 Å². The lowest BCUT2D eigenvalue weighted by Gasteiger charge is -2.12. The monoisotopic (exact) mass is 334 g/mol. The van der Waals surface area contributed by atoms with Crippen molar-refractivity contribution in [3.05, 3.63) is 24.3 Å². The average Bonchev–Trinajstić information content (AvgIpc) is 2.29. The van der Waals surface area contributed by atoms with Gasteiger partial charge < -0.3 is 5.32 Å². The van der Waals surface area contributed by atoms with Crippen molar-refractivity contribution < 1.29 is 13.2 Å². The van der Waals surface area contributed by atoms with Gasteiger partial charge in [0.1, 0.15) is 0 Å². The molecule has 0 radical (unpaired) electrons. The van der Waals surface area contributed by atoms with E-state index in [0.717, 1.165) is 4.31 Å². The maximum absolute atomic E-state index is 11.8. The highest BCUT2D eigenvalue weighted by Gasteiger charge is 2.17. The summed E-state index contributed by atoms with van der Waals surface area (Å²) in [5.41, 5.74) is 0.559. The third kappa shape index (κ3) is 3.54. The van der Waals surface area contributed by atoms with E-state index in [4.69, 9.17) is 0 Å². The lowest BCUT2D eigenvalue weighted by Crippen LogP contribution is -2.22. The number of rotatable bonds is 4. The molecule has 5 nitrogen and oxygen atoms in total. The minimum Gasteiger partial charge on any atom is -0.325 e. The number of nitrogens with zero attached hydrogens (tertiary/aromatic N) is 1. The lowest BCUT2D eigenvalue weighted by molar-refractivity contribution is -0.115. The second kappa shape index (κ2) is 5.81. The van der Waals surface area contributed by atoms with Gasteiger partial charge in [-0.15, -0.1) is 0 Å². The van der Waals surface area contributed by atoms with Crippen LogP contribution >= 0.6 is 15.9 Å². The molecule has 18 heavy (non-hydrogen) atoms. The van der Waals surface area contributed by atoms with Crippen LogP contribution in [0.3, 0.4) is 0 Å². The summed E-state index contributed by atoms with van der Waals surface area (Å²) >= 11 is 3.15. The van der Waals surface area contributed by atoms with Crippen molar-refractivity contribution in [2.75, 3.05) is 19.4 Å². The van der Waals surface area contributed by atoms with Crippen molar-refractivity contribution in [3.63, 3.8) is 0 Å². The molecule has 1 amide bonds. The molecular formula is C11H15BrN2O3S. The molecule has 0 heterocycles. The lowest BCUT2D eigenvalue weighted by atomic mass is 10.3. The number of hydrogen-bond acceptors (Lipinski definition) is 3. The van der Waals surface area contributed by atoms with Gasteiger partial charge in [-0.25, -0.2) is 12.7 Å². The highest BCUT2D eigenvalue weighted by atomic mass is 79.9. The number of carbonyl (C=O) groups is 1. The van der Waals surface area contributed by atoms with Crippen molar-refractivity contribution >= 4 is 37.5 Å². The smallest absolute Gasteiger partial charge is 0.242 e. The first-order chi connectivity index (χ1) is 8.25. The summed E-state index contributed by atoms with van der Waals surface area (Å²) in [6, 6.07) is 6.04. The molecule has 0 saturated heterocycles. The normalized spacial score (nSPS) is 13.4. The number of alkyl halides is 1. The van der Waals surface area contributed by atoms with Crippen LogP contribution in [-0.4, -0.2) is 37.6 Å². The molecule has 1 unspecified atom stereocenters. The number of anilines is 1. The Bertz CT molecular complexity index is 524. The van der Waals surface area contributed by atoms with Gasteiger partial charge in [-0.3, -0.25) is 4.79 Å². The van der Waals surface area contributed by atoms with Gasteiger partial charge in [0, 0.05) is 19.8 Å². The Morgan fingerprint density at radius 1 is 1.28 bits per heavy atom. The fourth-order valence-electron chi connectivity index (χ4n) is 1.16. The molecule has 1 atom stereocenters. The summed E-state index contributed by atoms with van der Waals surface area (Å²) in [5, 5.41) is 2.66. The van der Waals surface area contributed by atoms with Gasteiger partial charge in [-0.1, -0.05) is 15.9 Å². The Balaban J connectivity index is 2.91. The van der Waals surface area contributed by atoms with Crippen LogP contribution in [0.25, 0.3) is 0 Å². The molecular weight excluding hydrogens is 320 g/mol. The maximum Gasteiger partial charge on any atom is 0.242 e. The summed E-state index contributed by atoms with van der Waals surface area (Å²) in [7, 11) is -0.488. The molecule has 100 valence electrons. The summed E-state index contributed by atoms with van der Waals surface area (Å²) in [6.07, 6.45) is 0. The van der Waals surface area contributed by atoms with E-state index >= 15 is 0 Å². The van der Waals surface area contributed by atoms with Crippen LogP contribution in [0.2, 0.25) is 0 Å². The zero-order valence-electron chi connectivity index (χ0n) is 10.3. The molecule has 1 aromatic rings. The van der Waals surface area contributed by atoms with Gasteiger partial charge in [0.05, 0.1) is 9.72 Å². The molecule has 0 aromatic heterocycles. The number of sulfonamides is 1. The number of hydrogen-bond donors (Lipinski definition) is 1. The first-order valence-corrected chi connectivity index (χ1v) is 7.58. The minimum atomic E-state index is -3.43. The van der Waals surface area contributed by atoms with E-state index < -0.39 is 10.0 Å². The van der Waals surface area contributed by atoms with Crippen molar-refractivity contribution in [2.45, 2.75) is 16.6 Å². The van der Waals surface area contributed by atoms with Gasteiger partial charge in [-0.2, -0.15) is 0 Å². The fraction of sp³-hybridized carbons (Fsp3) is 0.364. The SMILES string of the molecule is CC(Br)C(=O)Nc1ccc(S(=O)(=O)N(C)C)cc1. The van der Waals surface area contributed by atoms with E-state index in [1.807, 2.05) is 0 Å². The van der Waals surface area contributed by atoms with E-state index in [9.17, 15) is 13.2 Å². The predicted molar refractivity (Wildman–Crippen MR) is 74.3 cm³/mol. The molecule has 7 heteroatoms. The molecule has 1 rings (SSSR count). The number of carbonyl (C=O) groups excluding carboxylic acids is 1. The van der Waals surface area contributed by atoms with Crippen LogP contribution < -0.4 is 5.32 Å². The molecule has 0 aliphatic carbocycles. The second-order valence-electron chi connectivity index (χ2n) is 3.92. The van der Waals surface area contributed by atoms with Gasteiger partial charge in [0.2, 0.25) is 15.9 Å². The molecule has 1 N–H and O–H groups in total. The highest BCUT2D eigenvalue weighted by molar-refractivity contribution is 9.10. The van der Waals surface area contributed by atoms with Crippen LogP contribution in [-0.2, 0) is 14.8 Å². The van der Waals surface area contributed by atoms with Gasteiger partial charge >= 0.3 is 0 Å². The third-order valence-corrected chi connectivity index (χ3v) is 4.51. The number of amides is 1.